The molecule has 0 radical (unpaired) electrons. The minimum Gasteiger partial charge on any atom is -0.496 e. The molecule has 2 aromatic rings. The third-order valence-electron chi connectivity index (χ3n) is 5.43. The number of benzene rings is 2. The molecular weight excluding hydrogens is 408 g/mol. The van der Waals surface area contributed by atoms with Gasteiger partial charge in [-0.15, -0.1) is 0 Å². The fraction of sp³-hybridized carbons (Fsp3) is 0.458. The van der Waals surface area contributed by atoms with Crippen LogP contribution >= 0.6 is 0 Å². The average Bonchev–Trinajstić information content (AvgIpc) is 3.34. The molecule has 1 fully saturated rings. The van der Waals surface area contributed by atoms with Crippen molar-refractivity contribution in [1.82, 2.24) is 15.5 Å². The lowest BCUT2D eigenvalue weighted by Crippen LogP contribution is -2.40. The number of nitrogens with zero attached hydrogens (tertiary/aromatic N) is 2. The van der Waals surface area contributed by atoms with Gasteiger partial charge in [0.05, 0.1) is 30.5 Å². The van der Waals surface area contributed by atoms with Crippen molar-refractivity contribution in [3.63, 3.8) is 0 Å². The molecule has 31 heavy (non-hydrogen) atoms. The van der Waals surface area contributed by atoms with Gasteiger partial charge in [-0.05, 0) is 51.1 Å². The van der Waals surface area contributed by atoms with Gasteiger partial charge in [-0.2, -0.15) is 0 Å². The van der Waals surface area contributed by atoms with Crippen molar-refractivity contribution in [2.24, 2.45) is 4.99 Å². The first-order valence-electron chi connectivity index (χ1n) is 11.1. The molecule has 2 N–H and O–H groups in total. The zero-order valence-electron chi connectivity index (χ0n) is 18.5. The lowest BCUT2D eigenvalue weighted by Gasteiger charge is -2.28. The van der Waals surface area contributed by atoms with Crippen LogP contribution < -0.4 is 15.4 Å². The van der Waals surface area contributed by atoms with Gasteiger partial charge in [-0.25, -0.2) is 0 Å². The number of hydrogen-bond donors (Lipinski definition) is 2. The summed E-state index contributed by atoms with van der Waals surface area (Å²) in [5.41, 5.74) is 1.18. The number of methoxy groups -OCH3 is 1. The van der Waals surface area contributed by atoms with Crippen LogP contribution in [0.15, 0.2) is 64.5 Å². The standard InChI is InChI=1S/C24H34N4O2S/c1-3-25-24(26-15-18-31(29)20-11-5-4-6-12-20)27-19-22(28-16-9-10-17-28)21-13-7-8-14-23(21)30-2/h4-8,11-14,22H,3,9-10,15-19H2,1-2H3,(H2,25,26,27). The number of rotatable bonds is 10. The van der Waals surface area contributed by atoms with Crippen molar-refractivity contribution in [2.45, 2.75) is 30.7 Å². The fourth-order valence-corrected chi connectivity index (χ4v) is 4.86. The Morgan fingerprint density at radius 2 is 1.81 bits per heavy atom. The van der Waals surface area contributed by atoms with Crippen LogP contribution in [0.5, 0.6) is 5.75 Å². The van der Waals surface area contributed by atoms with E-state index in [1.807, 2.05) is 42.5 Å². The van der Waals surface area contributed by atoms with Crippen molar-refractivity contribution in [2.75, 3.05) is 45.6 Å². The Morgan fingerprint density at radius 3 is 2.52 bits per heavy atom. The molecule has 1 aliphatic rings. The summed E-state index contributed by atoms with van der Waals surface area (Å²) in [5.74, 6) is 2.20. The van der Waals surface area contributed by atoms with E-state index in [9.17, 15) is 4.21 Å². The highest BCUT2D eigenvalue weighted by Crippen LogP contribution is 2.31. The summed E-state index contributed by atoms with van der Waals surface area (Å²) in [6.45, 7) is 6.22. The van der Waals surface area contributed by atoms with Crippen LogP contribution in [-0.4, -0.2) is 60.7 Å². The molecule has 1 aliphatic heterocycles. The van der Waals surface area contributed by atoms with Gasteiger partial charge in [0.1, 0.15) is 5.75 Å². The summed E-state index contributed by atoms with van der Waals surface area (Å²) in [7, 11) is 0.701. The molecule has 7 heteroatoms. The Bertz CT molecular complexity index is 854. The predicted octanol–water partition coefficient (Wildman–Crippen LogP) is 3.20. The number of ether oxygens (including phenoxy) is 1. The minimum absolute atomic E-state index is 0.174. The molecule has 0 aromatic heterocycles. The summed E-state index contributed by atoms with van der Waals surface area (Å²) in [6.07, 6.45) is 2.44. The van der Waals surface area contributed by atoms with Crippen molar-refractivity contribution < 1.29 is 8.95 Å². The summed E-state index contributed by atoms with van der Waals surface area (Å²) < 4.78 is 18.1. The Balaban J connectivity index is 1.66. The van der Waals surface area contributed by atoms with E-state index in [1.54, 1.807) is 7.11 Å². The molecule has 1 heterocycles. The number of hydrogen-bond acceptors (Lipinski definition) is 4. The van der Waals surface area contributed by atoms with Gasteiger partial charge in [0, 0.05) is 29.3 Å². The fourth-order valence-electron chi connectivity index (χ4n) is 3.88. The Morgan fingerprint density at radius 1 is 1.10 bits per heavy atom. The van der Waals surface area contributed by atoms with E-state index in [-0.39, 0.29) is 6.04 Å². The maximum Gasteiger partial charge on any atom is 0.191 e. The number of nitrogens with one attached hydrogen (secondary N) is 2. The summed E-state index contributed by atoms with van der Waals surface area (Å²) in [6, 6.07) is 18.0. The first-order valence-corrected chi connectivity index (χ1v) is 12.4. The van der Waals surface area contributed by atoms with E-state index in [2.05, 4.69) is 34.6 Å². The molecule has 2 unspecified atom stereocenters. The van der Waals surface area contributed by atoms with Crippen LogP contribution in [0.3, 0.4) is 0 Å². The number of para-hydroxylation sites is 1. The molecule has 0 amide bonds. The van der Waals surface area contributed by atoms with Crippen LogP contribution in [0, 0.1) is 0 Å². The van der Waals surface area contributed by atoms with Crippen LogP contribution in [0.25, 0.3) is 0 Å². The molecule has 6 nitrogen and oxygen atoms in total. The molecule has 0 saturated carbocycles. The second kappa shape index (κ2) is 12.5. The minimum atomic E-state index is -1.02. The maximum atomic E-state index is 12.5. The highest BCUT2D eigenvalue weighted by molar-refractivity contribution is 7.85. The van der Waals surface area contributed by atoms with Gasteiger partial charge in [0.15, 0.2) is 5.96 Å². The van der Waals surface area contributed by atoms with Gasteiger partial charge < -0.3 is 15.4 Å². The van der Waals surface area contributed by atoms with Crippen LogP contribution in [0.4, 0.5) is 0 Å². The van der Waals surface area contributed by atoms with Crippen molar-refractivity contribution >= 4 is 16.8 Å². The topological polar surface area (TPSA) is 66.0 Å². The van der Waals surface area contributed by atoms with Crippen LogP contribution in [-0.2, 0) is 10.8 Å². The zero-order chi connectivity index (χ0) is 21.9. The van der Waals surface area contributed by atoms with Gasteiger partial charge >= 0.3 is 0 Å². The maximum absolute atomic E-state index is 12.5. The number of likely N-dealkylation sites (tertiary alicyclic amines) is 1. The molecule has 168 valence electrons. The second-order valence-corrected chi connectivity index (χ2v) is 9.08. The lowest BCUT2D eigenvalue weighted by atomic mass is 10.0. The first-order chi connectivity index (χ1) is 15.2. The van der Waals surface area contributed by atoms with E-state index in [1.165, 1.54) is 18.4 Å². The van der Waals surface area contributed by atoms with Crippen molar-refractivity contribution in [1.29, 1.82) is 0 Å². The van der Waals surface area contributed by atoms with Crippen molar-refractivity contribution in [3.8, 4) is 5.75 Å². The van der Waals surface area contributed by atoms with Gasteiger partial charge in [0.25, 0.3) is 0 Å². The molecule has 3 rings (SSSR count). The summed E-state index contributed by atoms with van der Waals surface area (Å²) >= 11 is 0. The Hall–Kier alpha value is -2.38. The van der Waals surface area contributed by atoms with Gasteiger partial charge in [0.2, 0.25) is 0 Å². The Labute approximate surface area is 188 Å². The SMILES string of the molecule is CCNC(=NCC(c1ccccc1OC)N1CCCC1)NCCS(=O)c1ccccc1. The molecule has 2 atom stereocenters. The zero-order valence-corrected chi connectivity index (χ0v) is 19.4. The Kier molecular flexibility index (Phi) is 9.37. The molecule has 0 aliphatic carbocycles. The van der Waals surface area contributed by atoms with Crippen LogP contribution in [0.2, 0.25) is 0 Å². The largest absolute Gasteiger partial charge is 0.496 e. The third kappa shape index (κ3) is 6.80. The lowest BCUT2D eigenvalue weighted by molar-refractivity contribution is 0.245. The number of aliphatic imine (C=N–C) groups is 1. The molecule has 1 saturated heterocycles. The predicted molar refractivity (Wildman–Crippen MR) is 128 cm³/mol. The van der Waals surface area contributed by atoms with Crippen molar-refractivity contribution in [3.05, 3.63) is 60.2 Å². The quantitative estimate of drug-likeness (QED) is 0.437. The highest BCUT2D eigenvalue weighted by Gasteiger charge is 2.25. The van der Waals surface area contributed by atoms with E-state index in [0.29, 0.717) is 18.8 Å². The van der Waals surface area contributed by atoms with Crippen LogP contribution in [0.1, 0.15) is 31.4 Å². The molecule has 0 bridgehead atoms. The second-order valence-electron chi connectivity index (χ2n) is 7.51. The average molecular weight is 443 g/mol. The van der Waals surface area contributed by atoms with E-state index in [0.717, 1.165) is 36.2 Å². The van der Waals surface area contributed by atoms with E-state index >= 15 is 0 Å². The molecule has 0 spiro atoms. The van der Waals surface area contributed by atoms with Gasteiger partial charge in [-0.1, -0.05) is 36.4 Å². The molecular formula is C24H34N4O2S. The normalized spacial score (nSPS) is 16.6. The third-order valence-corrected chi connectivity index (χ3v) is 6.80. The summed E-state index contributed by atoms with van der Waals surface area (Å²) in [5, 5.41) is 6.66. The number of guanidine groups is 1. The summed E-state index contributed by atoms with van der Waals surface area (Å²) in [4.78, 5) is 8.23. The van der Waals surface area contributed by atoms with E-state index in [4.69, 9.17) is 9.73 Å². The molecule has 2 aromatic carbocycles. The first kappa shape index (κ1) is 23.3. The smallest absolute Gasteiger partial charge is 0.191 e. The monoisotopic (exact) mass is 442 g/mol. The van der Waals surface area contributed by atoms with E-state index < -0.39 is 10.8 Å². The highest BCUT2D eigenvalue weighted by atomic mass is 32.2. The van der Waals surface area contributed by atoms with Gasteiger partial charge in [-0.3, -0.25) is 14.1 Å².